The van der Waals surface area contributed by atoms with Crippen molar-refractivity contribution in [3.63, 3.8) is 0 Å². The van der Waals surface area contributed by atoms with Crippen LogP contribution in [0.5, 0.6) is 0 Å². The smallest absolute Gasteiger partial charge is 0.305 e. The number of unbranched alkanes of at least 4 members (excludes halogenated alkanes) is 46. The lowest BCUT2D eigenvalue weighted by molar-refractivity contribution is -0.144. The van der Waals surface area contributed by atoms with Crippen molar-refractivity contribution in [1.82, 2.24) is 0 Å². The van der Waals surface area contributed by atoms with Gasteiger partial charge in [-0.25, -0.2) is 0 Å². The van der Waals surface area contributed by atoms with Gasteiger partial charge in [-0.3, -0.25) is 9.59 Å². The van der Waals surface area contributed by atoms with Crippen LogP contribution in [-0.4, -0.2) is 23.7 Å². The Labute approximate surface area is 383 Å². The Kier molecular flexibility index (Phi) is 53.6. The van der Waals surface area contributed by atoms with Gasteiger partial charge in [0.25, 0.3) is 0 Å². The third kappa shape index (κ3) is 56.7. The van der Waals surface area contributed by atoms with Gasteiger partial charge in [-0.15, -0.1) is 0 Å². The van der Waals surface area contributed by atoms with Crippen molar-refractivity contribution in [3.8, 4) is 0 Å². The van der Waals surface area contributed by atoms with Gasteiger partial charge in [0.15, 0.2) is 0 Å². The van der Waals surface area contributed by atoms with Gasteiger partial charge in [0.05, 0.1) is 6.61 Å². The van der Waals surface area contributed by atoms with Gasteiger partial charge < -0.3 is 9.84 Å². The van der Waals surface area contributed by atoms with E-state index in [2.05, 4.69) is 19.1 Å². The summed E-state index contributed by atoms with van der Waals surface area (Å²) in [5, 5.41) is 8.67. The molecule has 4 heteroatoms. The zero-order valence-corrected chi connectivity index (χ0v) is 41.6. The monoisotopic (exact) mass is 859 g/mol. The summed E-state index contributed by atoms with van der Waals surface area (Å²) >= 11 is 0. The quantitative estimate of drug-likeness (QED) is 0.0376. The van der Waals surface area contributed by atoms with E-state index >= 15 is 0 Å². The second-order valence-electron chi connectivity index (χ2n) is 19.4. The molecule has 0 aliphatic heterocycles. The van der Waals surface area contributed by atoms with Crippen molar-refractivity contribution in [1.29, 1.82) is 0 Å². The van der Waals surface area contributed by atoms with E-state index in [4.69, 9.17) is 9.84 Å². The summed E-state index contributed by atoms with van der Waals surface area (Å²) in [4.78, 5) is 22.6. The van der Waals surface area contributed by atoms with Crippen molar-refractivity contribution in [2.45, 2.75) is 334 Å². The van der Waals surface area contributed by atoms with E-state index in [1.54, 1.807) is 0 Å². The van der Waals surface area contributed by atoms with E-state index < -0.39 is 5.97 Å². The molecule has 0 bridgehead atoms. The van der Waals surface area contributed by atoms with Gasteiger partial charge in [-0.2, -0.15) is 0 Å². The van der Waals surface area contributed by atoms with Gasteiger partial charge in [-0.05, 0) is 44.9 Å². The molecule has 0 aromatic heterocycles. The number of aliphatic carboxylic acids is 1. The summed E-state index contributed by atoms with van der Waals surface area (Å²) in [6.45, 7) is 2.91. The Balaban J connectivity index is 3.15. The van der Waals surface area contributed by atoms with Crippen LogP contribution < -0.4 is 0 Å². The predicted octanol–water partition coefficient (Wildman–Crippen LogP) is 20.1. The van der Waals surface area contributed by atoms with E-state index in [0.717, 1.165) is 25.7 Å². The topological polar surface area (TPSA) is 63.6 Å². The van der Waals surface area contributed by atoms with E-state index in [1.165, 1.54) is 289 Å². The van der Waals surface area contributed by atoms with Crippen molar-refractivity contribution in [3.05, 3.63) is 12.2 Å². The minimum Gasteiger partial charge on any atom is -0.481 e. The highest BCUT2D eigenvalue weighted by Gasteiger charge is 2.03. The highest BCUT2D eigenvalue weighted by molar-refractivity contribution is 5.69. The number of rotatable bonds is 54. The number of allylic oxidation sites excluding steroid dienone is 2. The molecule has 0 unspecified atom stereocenters. The number of hydrogen-bond acceptors (Lipinski definition) is 3. The molecule has 0 saturated carbocycles. The molecule has 1 N–H and O–H groups in total. The molecule has 0 radical (unpaired) electrons. The fraction of sp³-hybridized carbons (Fsp3) is 0.930. The fourth-order valence-electron chi connectivity index (χ4n) is 8.99. The first-order valence-electron chi connectivity index (χ1n) is 28.2. The SMILES string of the molecule is CCCCCCCCC=CCCCCCCCCCC(=O)OCCCCCCCCCCCCCCCCCCCCCCCCCCCCCCCCCCCCC(=O)O. The van der Waals surface area contributed by atoms with Crippen LogP contribution in [0.3, 0.4) is 0 Å². The van der Waals surface area contributed by atoms with Gasteiger partial charge in [-0.1, -0.05) is 289 Å². The molecule has 0 aromatic carbocycles. The van der Waals surface area contributed by atoms with Crippen molar-refractivity contribution in [2.75, 3.05) is 6.61 Å². The third-order valence-electron chi connectivity index (χ3n) is 13.2. The zero-order valence-electron chi connectivity index (χ0n) is 41.6. The third-order valence-corrected chi connectivity index (χ3v) is 13.2. The second kappa shape index (κ2) is 54.8. The standard InChI is InChI=1S/C57H110O4/c1-2-3-4-5-6-7-8-9-10-29-33-36-39-42-45-48-51-54-57(60)61-55-52-49-46-43-40-37-34-31-28-26-24-22-20-18-16-14-12-11-13-15-17-19-21-23-25-27-30-32-35-38-41-44-47-50-53-56(58)59/h9-10H,2-8,11-55H2,1H3,(H,58,59). The predicted molar refractivity (Wildman–Crippen MR) is 269 cm³/mol. The number of carbonyl (C=O) groups excluding carboxylic acids is 1. The summed E-state index contributed by atoms with van der Waals surface area (Å²) < 4.78 is 5.49. The molecule has 0 aliphatic carbocycles. The van der Waals surface area contributed by atoms with Gasteiger partial charge >= 0.3 is 11.9 Å². The van der Waals surface area contributed by atoms with Crippen LogP contribution >= 0.6 is 0 Å². The van der Waals surface area contributed by atoms with Crippen molar-refractivity contribution in [2.24, 2.45) is 0 Å². The van der Waals surface area contributed by atoms with Crippen LogP contribution in [0.1, 0.15) is 334 Å². The molecule has 0 spiro atoms. The molecular formula is C57H110O4. The first kappa shape index (κ1) is 59.7. The van der Waals surface area contributed by atoms with Crippen LogP contribution in [-0.2, 0) is 14.3 Å². The van der Waals surface area contributed by atoms with E-state index in [-0.39, 0.29) is 5.97 Å². The molecule has 0 heterocycles. The Bertz CT molecular complexity index is 867. The molecule has 0 fully saturated rings. The van der Waals surface area contributed by atoms with Crippen LogP contribution in [0.15, 0.2) is 12.2 Å². The average molecular weight is 860 g/mol. The summed E-state index contributed by atoms with van der Waals surface area (Å²) in [7, 11) is 0. The Hall–Kier alpha value is -1.32. The van der Waals surface area contributed by atoms with Crippen molar-refractivity contribution >= 4 is 11.9 Å². The van der Waals surface area contributed by atoms with Crippen LogP contribution in [0.2, 0.25) is 0 Å². The maximum absolute atomic E-state index is 12.1. The molecule has 0 atom stereocenters. The number of hydrogen-bond donors (Lipinski definition) is 1. The molecule has 0 amide bonds. The summed E-state index contributed by atoms with van der Waals surface area (Å²) in [5.41, 5.74) is 0. The lowest BCUT2D eigenvalue weighted by atomic mass is 10.0. The molecule has 61 heavy (non-hydrogen) atoms. The van der Waals surface area contributed by atoms with Gasteiger partial charge in [0.2, 0.25) is 0 Å². The van der Waals surface area contributed by atoms with Gasteiger partial charge in [0, 0.05) is 12.8 Å². The minimum absolute atomic E-state index is 0.0210. The van der Waals surface area contributed by atoms with E-state index in [1.807, 2.05) is 0 Å². The highest BCUT2D eigenvalue weighted by atomic mass is 16.5. The van der Waals surface area contributed by atoms with Gasteiger partial charge in [0.1, 0.15) is 0 Å². The van der Waals surface area contributed by atoms with Crippen LogP contribution in [0.25, 0.3) is 0 Å². The molecular weight excluding hydrogens is 749 g/mol. The Morgan fingerprint density at radius 3 is 0.820 bits per heavy atom. The molecule has 0 saturated heterocycles. The zero-order chi connectivity index (χ0) is 44.0. The largest absolute Gasteiger partial charge is 0.481 e. The number of carboxylic acids is 1. The normalized spacial score (nSPS) is 11.6. The summed E-state index contributed by atoms with van der Waals surface area (Å²) in [6.07, 6.45) is 71.8. The molecule has 0 rings (SSSR count). The first-order chi connectivity index (χ1) is 30.2. The number of carboxylic acid groups (broad SMARTS) is 1. The van der Waals surface area contributed by atoms with Crippen LogP contribution in [0.4, 0.5) is 0 Å². The Morgan fingerprint density at radius 2 is 0.541 bits per heavy atom. The maximum atomic E-state index is 12.1. The molecule has 4 nitrogen and oxygen atoms in total. The van der Waals surface area contributed by atoms with E-state index in [0.29, 0.717) is 19.4 Å². The molecule has 0 aromatic rings. The highest BCUT2D eigenvalue weighted by Crippen LogP contribution is 2.18. The summed E-state index contributed by atoms with van der Waals surface area (Å²) in [5.74, 6) is -0.630. The second-order valence-corrected chi connectivity index (χ2v) is 19.4. The lowest BCUT2D eigenvalue weighted by Crippen LogP contribution is -2.05. The number of esters is 1. The number of ether oxygens (including phenoxy) is 1. The van der Waals surface area contributed by atoms with Crippen molar-refractivity contribution < 1.29 is 19.4 Å². The maximum Gasteiger partial charge on any atom is 0.305 e. The number of carbonyl (C=O) groups is 2. The Morgan fingerprint density at radius 1 is 0.311 bits per heavy atom. The molecule has 362 valence electrons. The fourth-order valence-corrected chi connectivity index (χ4v) is 8.99. The molecule has 0 aliphatic rings. The lowest BCUT2D eigenvalue weighted by Gasteiger charge is -2.06. The van der Waals surface area contributed by atoms with E-state index in [9.17, 15) is 9.59 Å². The van der Waals surface area contributed by atoms with Crippen LogP contribution in [0, 0.1) is 0 Å². The first-order valence-corrected chi connectivity index (χ1v) is 28.2. The average Bonchev–Trinajstić information content (AvgIpc) is 3.25. The summed E-state index contributed by atoms with van der Waals surface area (Å²) in [6, 6.07) is 0. The minimum atomic E-state index is -0.651.